The monoisotopic (exact) mass is 247 g/mol. The zero-order chi connectivity index (χ0) is 13.3. The van der Waals surface area contributed by atoms with Crippen molar-refractivity contribution in [2.45, 2.75) is 6.92 Å². The predicted molar refractivity (Wildman–Crippen MR) is 66.1 cm³/mol. The average Bonchev–Trinajstić information content (AvgIpc) is 2.66. The Bertz CT molecular complexity index is 627. The second-order valence-electron chi connectivity index (χ2n) is 3.90. The van der Waals surface area contributed by atoms with Crippen LogP contribution >= 0.6 is 0 Å². The largest absolute Gasteiger partial charge is 0.494 e. The minimum atomic E-state index is -1.45. The van der Waals surface area contributed by atoms with Gasteiger partial charge in [0.15, 0.2) is 0 Å². The first-order chi connectivity index (χ1) is 8.54. The number of hydrogen-bond acceptors (Lipinski definition) is 3. The summed E-state index contributed by atoms with van der Waals surface area (Å²) in [7, 11) is 1.77. The van der Waals surface area contributed by atoms with Crippen LogP contribution in [-0.4, -0.2) is 28.0 Å². The third-order valence-electron chi connectivity index (χ3n) is 2.71. The number of ketones is 1. The summed E-state index contributed by atoms with van der Waals surface area (Å²) in [6.45, 7) is 2.37. The molecule has 0 saturated heterocycles. The number of benzene rings is 1. The first kappa shape index (κ1) is 12.2. The Labute approximate surface area is 104 Å². The molecule has 5 heteroatoms. The number of carbonyl (C=O) groups is 2. The van der Waals surface area contributed by atoms with Crippen LogP contribution in [0, 0.1) is 0 Å². The highest BCUT2D eigenvalue weighted by molar-refractivity contribution is 6.42. The van der Waals surface area contributed by atoms with E-state index in [9.17, 15) is 9.59 Å². The van der Waals surface area contributed by atoms with E-state index >= 15 is 0 Å². The van der Waals surface area contributed by atoms with Gasteiger partial charge in [0.25, 0.3) is 5.78 Å². The Morgan fingerprint density at radius 3 is 2.72 bits per heavy atom. The number of carbonyl (C=O) groups excluding carboxylic acids is 1. The number of ether oxygens (including phenoxy) is 1. The molecule has 0 fully saturated rings. The summed E-state index contributed by atoms with van der Waals surface area (Å²) in [6, 6.07) is 5.29. The predicted octanol–water partition coefficient (Wildman–Crippen LogP) is 1.84. The van der Waals surface area contributed by atoms with E-state index in [0.717, 1.165) is 5.52 Å². The molecular formula is C13H13NO4. The maximum absolute atomic E-state index is 11.6. The van der Waals surface area contributed by atoms with Gasteiger partial charge in [-0.1, -0.05) is 0 Å². The molecule has 1 aromatic carbocycles. The van der Waals surface area contributed by atoms with Crippen LogP contribution in [0.15, 0.2) is 24.4 Å². The minimum absolute atomic E-state index is 0.182. The molecule has 0 atom stereocenters. The highest BCUT2D eigenvalue weighted by atomic mass is 16.5. The average molecular weight is 247 g/mol. The van der Waals surface area contributed by atoms with Crippen LogP contribution in [0.25, 0.3) is 10.9 Å². The molecule has 5 nitrogen and oxygen atoms in total. The van der Waals surface area contributed by atoms with Gasteiger partial charge in [-0.15, -0.1) is 0 Å². The normalized spacial score (nSPS) is 10.6. The topological polar surface area (TPSA) is 68.5 Å². The molecule has 0 saturated carbocycles. The maximum atomic E-state index is 11.6. The van der Waals surface area contributed by atoms with Gasteiger partial charge in [0.2, 0.25) is 0 Å². The van der Waals surface area contributed by atoms with Crippen molar-refractivity contribution in [2.75, 3.05) is 6.61 Å². The lowest BCUT2D eigenvalue weighted by Crippen LogP contribution is -2.12. The summed E-state index contributed by atoms with van der Waals surface area (Å²) >= 11 is 0. The number of aryl methyl sites for hydroxylation is 1. The number of rotatable bonds is 4. The van der Waals surface area contributed by atoms with Crippen LogP contribution in [0.1, 0.15) is 17.3 Å². The minimum Gasteiger partial charge on any atom is -0.494 e. The molecule has 0 aliphatic rings. The lowest BCUT2D eigenvalue weighted by atomic mass is 10.1. The van der Waals surface area contributed by atoms with E-state index < -0.39 is 11.8 Å². The fraction of sp³-hybridized carbons (Fsp3) is 0.231. The van der Waals surface area contributed by atoms with Crippen molar-refractivity contribution in [2.24, 2.45) is 7.05 Å². The Kier molecular flexibility index (Phi) is 3.06. The van der Waals surface area contributed by atoms with E-state index in [1.807, 2.05) is 6.92 Å². The Morgan fingerprint density at radius 2 is 2.11 bits per heavy atom. The zero-order valence-corrected chi connectivity index (χ0v) is 10.1. The van der Waals surface area contributed by atoms with Crippen molar-refractivity contribution < 1.29 is 19.4 Å². The first-order valence-corrected chi connectivity index (χ1v) is 5.54. The molecule has 2 rings (SSSR count). The van der Waals surface area contributed by atoms with E-state index in [1.54, 1.807) is 29.8 Å². The lowest BCUT2D eigenvalue weighted by molar-refractivity contribution is -0.131. The molecule has 0 aliphatic heterocycles. The molecule has 1 N–H and O–H groups in total. The van der Waals surface area contributed by atoms with E-state index in [-0.39, 0.29) is 5.56 Å². The maximum Gasteiger partial charge on any atom is 0.377 e. The molecule has 1 aromatic heterocycles. The van der Waals surface area contributed by atoms with E-state index in [2.05, 4.69) is 0 Å². The van der Waals surface area contributed by atoms with Crippen molar-refractivity contribution in [1.29, 1.82) is 0 Å². The van der Waals surface area contributed by atoms with Crippen LogP contribution in [0.3, 0.4) is 0 Å². The molecular weight excluding hydrogens is 234 g/mol. The van der Waals surface area contributed by atoms with E-state index in [0.29, 0.717) is 17.7 Å². The fourth-order valence-corrected chi connectivity index (χ4v) is 1.92. The van der Waals surface area contributed by atoms with Gasteiger partial charge in [0, 0.05) is 24.1 Å². The molecule has 2 aromatic rings. The second kappa shape index (κ2) is 4.52. The number of carboxylic acids is 1. The van der Waals surface area contributed by atoms with Crippen LogP contribution in [0.5, 0.6) is 5.75 Å². The van der Waals surface area contributed by atoms with Crippen molar-refractivity contribution in [3.63, 3.8) is 0 Å². The van der Waals surface area contributed by atoms with Crippen molar-refractivity contribution in [3.8, 4) is 5.75 Å². The first-order valence-electron chi connectivity index (χ1n) is 5.54. The summed E-state index contributed by atoms with van der Waals surface area (Å²) in [6.07, 6.45) is 1.52. The number of fused-ring (bicyclic) bond motifs is 1. The van der Waals surface area contributed by atoms with Gasteiger partial charge in [-0.25, -0.2) is 4.79 Å². The molecule has 1 heterocycles. The third kappa shape index (κ3) is 1.95. The lowest BCUT2D eigenvalue weighted by Gasteiger charge is -2.03. The number of nitrogens with zero attached hydrogens (tertiary/aromatic N) is 1. The molecule has 0 radical (unpaired) electrons. The van der Waals surface area contributed by atoms with Crippen molar-refractivity contribution >= 4 is 22.7 Å². The van der Waals surface area contributed by atoms with Gasteiger partial charge in [-0.2, -0.15) is 0 Å². The molecule has 0 unspecified atom stereocenters. The van der Waals surface area contributed by atoms with E-state index in [4.69, 9.17) is 9.84 Å². The quantitative estimate of drug-likeness (QED) is 0.661. The molecule has 0 bridgehead atoms. The van der Waals surface area contributed by atoms with Gasteiger partial charge in [0.1, 0.15) is 5.75 Å². The molecule has 0 amide bonds. The van der Waals surface area contributed by atoms with E-state index in [1.165, 1.54) is 6.20 Å². The summed E-state index contributed by atoms with van der Waals surface area (Å²) < 4.78 is 7.07. The van der Waals surface area contributed by atoms with Crippen LogP contribution in [-0.2, 0) is 11.8 Å². The molecule has 18 heavy (non-hydrogen) atoms. The number of aliphatic carboxylic acids is 1. The highest BCUT2D eigenvalue weighted by Gasteiger charge is 2.20. The van der Waals surface area contributed by atoms with Gasteiger partial charge in [-0.3, -0.25) is 4.79 Å². The Hall–Kier alpha value is -2.30. The summed E-state index contributed by atoms with van der Waals surface area (Å²) in [5, 5.41) is 9.38. The summed E-state index contributed by atoms with van der Waals surface area (Å²) in [4.78, 5) is 22.4. The molecule has 0 aliphatic carbocycles. The SMILES string of the molecule is CCOc1ccc2c(c1)c(C(=O)C(=O)O)cn2C. The zero-order valence-electron chi connectivity index (χ0n) is 10.1. The van der Waals surface area contributed by atoms with Gasteiger partial charge < -0.3 is 14.4 Å². The van der Waals surface area contributed by atoms with Gasteiger partial charge in [0.05, 0.1) is 12.2 Å². The number of hydrogen-bond donors (Lipinski definition) is 1. The highest BCUT2D eigenvalue weighted by Crippen LogP contribution is 2.26. The number of Topliss-reactive ketones (excluding diaryl/α,β-unsaturated/α-hetero) is 1. The number of carboxylic acid groups (broad SMARTS) is 1. The van der Waals surface area contributed by atoms with Gasteiger partial charge >= 0.3 is 5.97 Å². The Balaban J connectivity index is 2.63. The fourth-order valence-electron chi connectivity index (χ4n) is 1.92. The van der Waals surface area contributed by atoms with Crippen molar-refractivity contribution in [3.05, 3.63) is 30.0 Å². The molecule has 0 spiro atoms. The van der Waals surface area contributed by atoms with Gasteiger partial charge in [-0.05, 0) is 25.1 Å². The Morgan fingerprint density at radius 1 is 1.39 bits per heavy atom. The summed E-state index contributed by atoms with van der Waals surface area (Å²) in [5.74, 6) is -1.74. The summed E-state index contributed by atoms with van der Waals surface area (Å²) in [5.41, 5.74) is 0.976. The van der Waals surface area contributed by atoms with Crippen molar-refractivity contribution in [1.82, 2.24) is 4.57 Å². The standard InChI is InChI=1S/C13H13NO4/c1-3-18-8-4-5-11-9(6-8)10(7-14(11)2)12(15)13(16)17/h4-7H,3H2,1-2H3,(H,16,17). The number of aromatic nitrogens is 1. The smallest absolute Gasteiger partial charge is 0.377 e. The van der Waals surface area contributed by atoms with Crippen LogP contribution in [0.2, 0.25) is 0 Å². The second-order valence-corrected chi connectivity index (χ2v) is 3.90. The van der Waals surface area contributed by atoms with Crippen LogP contribution < -0.4 is 4.74 Å². The third-order valence-corrected chi connectivity index (χ3v) is 2.71. The molecule has 94 valence electrons. The van der Waals surface area contributed by atoms with Crippen LogP contribution in [0.4, 0.5) is 0 Å².